The molecule has 0 aliphatic heterocycles. The van der Waals surface area contributed by atoms with Crippen LogP contribution in [0.3, 0.4) is 0 Å². The highest BCUT2D eigenvalue weighted by Crippen LogP contribution is 2.24. The molecule has 0 aliphatic carbocycles. The number of carbonyl (C=O) groups is 2. The van der Waals surface area contributed by atoms with Crippen molar-refractivity contribution < 1.29 is 19.8 Å². The zero-order chi connectivity index (χ0) is 15.6. The summed E-state index contributed by atoms with van der Waals surface area (Å²) in [6.07, 6.45) is 0.440. The van der Waals surface area contributed by atoms with Gasteiger partial charge < -0.3 is 10.2 Å². The van der Waals surface area contributed by atoms with Crippen molar-refractivity contribution in [2.75, 3.05) is 0 Å². The van der Waals surface area contributed by atoms with Crippen LogP contribution in [-0.4, -0.2) is 21.8 Å². The zero-order valence-corrected chi connectivity index (χ0v) is 11.9. The number of rotatable bonds is 4. The molecule has 0 unspecified atom stereocenters. The standard InChI is InChI=1S/C17H16O4/c1-10(18)15-9-14(20)5-4-13(15)7-12-3-6-17(21)16(8-12)11(2)19/h3-6,8-9,20-21H,7H2,1-2H3. The van der Waals surface area contributed by atoms with Crippen molar-refractivity contribution in [3.63, 3.8) is 0 Å². The van der Waals surface area contributed by atoms with Crippen molar-refractivity contribution in [2.24, 2.45) is 0 Å². The third-order valence-electron chi connectivity index (χ3n) is 3.31. The van der Waals surface area contributed by atoms with Crippen molar-refractivity contribution >= 4 is 11.6 Å². The smallest absolute Gasteiger partial charge is 0.163 e. The third-order valence-corrected chi connectivity index (χ3v) is 3.31. The lowest BCUT2D eigenvalue weighted by atomic mass is 9.96. The van der Waals surface area contributed by atoms with Crippen LogP contribution in [0.25, 0.3) is 0 Å². The van der Waals surface area contributed by atoms with Crippen LogP contribution in [0.5, 0.6) is 11.5 Å². The van der Waals surface area contributed by atoms with E-state index in [-0.39, 0.29) is 28.6 Å². The fourth-order valence-corrected chi connectivity index (χ4v) is 2.24. The van der Waals surface area contributed by atoms with Gasteiger partial charge >= 0.3 is 0 Å². The third kappa shape index (κ3) is 3.28. The number of Topliss-reactive ketones (excluding diaryl/α,β-unsaturated/α-hetero) is 2. The molecule has 0 bridgehead atoms. The first-order chi connectivity index (χ1) is 9.88. The van der Waals surface area contributed by atoms with Gasteiger partial charge in [0.05, 0.1) is 5.56 Å². The molecular formula is C17H16O4. The quantitative estimate of drug-likeness (QED) is 0.846. The first-order valence-corrected chi connectivity index (χ1v) is 6.54. The molecule has 0 amide bonds. The summed E-state index contributed by atoms with van der Waals surface area (Å²) >= 11 is 0. The fraction of sp³-hybridized carbons (Fsp3) is 0.176. The molecule has 21 heavy (non-hydrogen) atoms. The zero-order valence-electron chi connectivity index (χ0n) is 11.9. The van der Waals surface area contributed by atoms with E-state index in [1.165, 1.54) is 32.0 Å². The van der Waals surface area contributed by atoms with E-state index >= 15 is 0 Å². The molecule has 4 heteroatoms. The van der Waals surface area contributed by atoms with Gasteiger partial charge in [-0.15, -0.1) is 0 Å². The number of ketones is 2. The second-order valence-corrected chi connectivity index (χ2v) is 4.98. The Kier molecular flexibility index (Phi) is 4.08. The van der Waals surface area contributed by atoms with Gasteiger partial charge in [0.1, 0.15) is 11.5 Å². The monoisotopic (exact) mass is 284 g/mol. The summed E-state index contributed by atoms with van der Waals surface area (Å²) in [5.74, 6) is -0.360. The summed E-state index contributed by atoms with van der Waals surface area (Å²) in [6.45, 7) is 2.83. The molecule has 0 aromatic heterocycles. The van der Waals surface area contributed by atoms with E-state index in [2.05, 4.69) is 0 Å². The summed E-state index contributed by atoms with van der Waals surface area (Å²) in [5.41, 5.74) is 2.29. The number of benzene rings is 2. The Hall–Kier alpha value is -2.62. The van der Waals surface area contributed by atoms with Gasteiger partial charge in [0.2, 0.25) is 0 Å². The topological polar surface area (TPSA) is 74.6 Å². The molecule has 108 valence electrons. The summed E-state index contributed by atoms with van der Waals surface area (Å²) < 4.78 is 0. The summed E-state index contributed by atoms with van der Waals surface area (Å²) in [4.78, 5) is 23.1. The minimum absolute atomic E-state index is 0.0408. The first kappa shape index (κ1) is 14.8. The van der Waals surface area contributed by atoms with Crippen molar-refractivity contribution in [2.45, 2.75) is 20.3 Å². The van der Waals surface area contributed by atoms with Crippen LogP contribution in [-0.2, 0) is 6.42 Å². The maximum Gasteiger partial charge on any atom is 0.163 e. The van der Waals surface area contributed by atoms with Crippen molar-refractivity contribution in [1.29, 1.82) is 0 Å². The highest BCUT2D eigenvalue weighted by molar-refractivity contribution is 5.97. The second kappa shape index (κ2) is 5.79. The van der Waals surface area contributed by atoms with Crippen LogP contribution in [0.2, 0.25) is 0 Å². The summed E-state index contributed by atoms with van der Waals surface area (Å²) in [7, 11) is 0. The van der Waals surface area contributed by atoms with Crippen molar-refractivity contribution in [3.05, 3.63) is 58.7 Å². The Morgan fingerprint density at radius 1 is 0.905 bits per heavy atom. The molecule has 0 atom stereocenters. The van der Waals surface area contributed by atoms with Gasteiger partial charge in [-0.3, -0.25) is 9.59 Å². The molecule has 2 rings (SSSR count). The number of hydrogen-bond acceptors (Lipinski definition) is 4. The minimum atomic E-state index is -0.216. The predicted octanol–water partition coefficient (Wildman–Crippen LogP) is 3.09. The van der Waals surface area contributed by atoms with Gasteiger partial charge in [0.15, 0.2) is 11.6 Å². The van der Waals surface area contributed by atoms with Gasteiger partial charge in [-0.2, -0.15) is 0 Å². The predicted molar refractivity (Wildman–Crippen MR) is 79.0 cm³/mol. The first-order valence-electron chi connectivity index (χ1n) is 6.54. The van der Waals surface area contributed by atoms with E-state index in [9.17, 15) is 19.8 Å². The van der Waals surface area contributed by atoms with Crippen LogP contribution in [0.15, 0.2) is 36.4 Å². The van der Waals surface area contributed by atoms with Gasteiger partial charge in [0, 0.05) is 5.56 Å². The molecule has 0 radical (unpaired) electrons. The number of aromatic hydroxyl groups is 2. The van der Waals surface area contributed by atoms with E-state index in [4.69, 9.17) is 0 Å². The normalized spacial score (nSPS) is 10.4. The Morgan fingerprint density at radius 3 is 2.19 bits per heavy atom. The van der Waals surface area contributed by atoms with E-state index in [1.54, 1.807) is 18.2 Å². The molecule has 2 aromatic rings. The van der Waals surface area contributed by atoms with Crippen LogP contribution in [0.1, 0.15) is 45.7 Å². The molecular weight excluding hydrogens is 268 g/mol. The second-order valence-electron chi connectivity index (χ2n) is 4.98. The Bertz CT molecular complexity index is 717. The van der Waals surface area contributed by atoms with Gasteiger partial charge in [-0.1, -0.05) is 12.1 Å². The molecule has 0 saturated carbocycles. The Labute approximate surface area is 122 Å². The Balaban J connectivity index is 2.41. The number of phenolic OH excluding ortho intramolecular Hbond substituents is 2. The lowest BCUT2D eigenvalue weighted by Gasteiger charge is -2.09. The van der Waals surface area contributed by atoms with Crippen molar-refractivity contribution in [3.8, 4) is 11.5 Å². The summed E-state index contributed by atoms with van der Waals surface area (Å²) in [6, 6.07) is 9.44. The fourth-order valence-electron chi connectivity index (χ4n) is 2.24. The molecule has 0 fully saturated rings. The molecule has 0 aliphatic rings. The van der Waals surface area contributed by atoms with Gasteiger partial charge in [-0.25, -0.2) is 0 Å². The van der Waals surface area contributed by atoms with Gasteiger partial charge in [0.25, 0.3) is 0 Å². The molecule has 2 N–H and O–H groups in total. The van der Waals surface area contributed by atoms with E-state index < -0.39 is 0 Å². The highest BCUT2D eigenvalue weighted by Gasteiger charge is 2.12. The average Bonchev–Trinajstić information content (AvgIpc) is 2.42. The van der Waals surface area contributed by atoms with E-state index in [0.717, 1.165) is 11.1 Å². The molecule has 4 nitrogen and oxygen atoms in total. The van der Waals surface area contributed by atoms with Crippen LogP contribution in [0.4, 0.5) is 0 Å². The lowest BCUT2D eigenvalue weighted by Crippen LogP contribution is -2.01. The van der Waals surface area contributed by atoms with Crippen LogP contribution in [0, 0.1) is 0 Å². The maximum atomic E-state index is 11.6. The van der Waals surface area contributed by atoms with E-state index in [1.807, 2.05) is 0 Å². The molecule has 0 heterocycles. The summed E-state index contributed by atoms with van der Waals surface area (Å²) in [5, 5.41) is 19.1. The SMILES string of the molecule is CC(=O)c1cc(Cc2ccc(O)cc2C(C)=O)ccc1O. The average molecular weight is 284 g/mol. The Morgan fingerprint density at radius 2 is 1.57 bits per heavy atom. The molecule has 2 aromatic carbocycles. The largest absolute Gasteiger partial charge is 0.508 e. The van der Waals surface area contributed by atoms with Gasteiger partial charge in [-0.05, 0) is 55.7 Å². The molecule has 0 spiro atoms. The minimum Gasteiger partial charge on any atom is -0.508 e. The number of phenols is 2. The van der Waals surface area contributed by atoms with Crippen LogP contribution < -0.4 is 0 Å². The van der Waals surface area contributed by atoms with E-state index in [0.29, 0.717) is 12.0 Å². The van der Waals surface area contributed by atoms with Crippen molar-refractivity contribution in [1.82, 2.24) is 0 Å². The highest BCUT2D eigenvalue weighted by atomic mass is 16.3. The maximum absolute atomic E-state index is 11.6. The molecule has 0 saturated heterocycles. The number of carbonyl (C=O) groups excluding carboxylic acids is 2. The lowest BCUT2D eigenvalue weighted by molar-refractivity contribution is 0.100. The number of hydrogen-bond donors (Lipinski definition) is 2. The van der Waals surface area contributed by atoms with Crippen LogP contribution >= 0.6 is 0 Å².